The molecule has 0 radical (unpaired) electrons. The van der Waals surface area contributed by atoms with Gasteiger partial charge in [0.15, 0.2) is 53.9 Å². The van der Waals surface area contributed by atoms with E-state index in [1.807, 2.05) is 6.66 Å². The van der Waals surface area contributed by atoms with Crippen molar-refractivity contribution in [1.82, 2.24) is 29.9 Å². The molecule has 330 valence electrons. The van der Waals surface area contributed by atoms with Crippen molar-refractivity contribution >= 4 is 167 Å². The van der Waals surface area contributed by atoms with Gasteiger partial charge in [-0.05, 0) is 73.4 Å². The number of amidine groups is 1. The number of aromatic hydroxyl groups is 1. The first-order valence-electron chi connectivity index (χ1n) is 12.9. The van der Waals surface area contributed by atoms with Crippen molar-refractivity contribution < 1.29 is 54.8 Å². The molecule has 3 rings (SSSR count). The molecule has 3 heterocycles. The van der Waals surface area contributed by atoms with Crippen molar-refractivity contribution in [1.29, 1.82) is 5.41 Å². The van der Waals surface area contributed by atoms with Crippen LogP contribution < -0.4 is 11.3 Å². The number of halogens is 11. The van der Waals surface area contributed by atoms with Gasteiger partial charge >= 0.3 is 17.3 Å². The monoisotopic (exact) mass is 1100 g/mol. The van der Waals surface area contributed by atoms with Gasteiger partial charge in [-0.3, -0.25) is 19.8 Å². The van der Waals surface area contributed by atoms with Crippen LogP contribution in [0.5, 0.6) is 5.88 Å². The Bertz CT molecular complexity index is 1960. The van der Waals surface area contributed by atoms with Crippen LogP contribution in [0.4, 0.5) is 17.6 Å². The molecule has 58 heavy (non-hydrogen) atoms. The third-order valence-corrected chi connectivity index (χ3v) is 7.19. The smallest absolute Gasteiger partial charge is 0.373 e. The summed E-state index contributed by atoms with van der Waals surface area (Å²) in [4.78, 5) is 55.9. The Hall–Kier alpha value is -1.34. The van der Waals surface area contributed by atoms with Gasteiger partial charge in [0, 0.05) is 6.26 Å². The molecule has 3 aromatic rings. The Morgan fingerprint density at radius 2 is 1.29 bits per heavy atom. The molecule has 0 amide bonds. The van der Waals surface area contributed by atoms with Crippen LogP contribution in [0.25, 0.3) is 0 Å². The fourth-order valence-corrected chi connectivity index (χ4v) is 3.92. The number of nitrogens with zero attached hydrogens (tertiary/aromatic N) is 5. The molecule has 0 aliphatic carbocycles. The van der Waals surface area contributed by atoms with Gasteiger partial charge in [-0.25, -0.2) is 46.3 Å². The second-order valence-corrected chi connectivity index (χ2v) is 21.7. The Balaban J connectivity index is -0.000000194. The number of rotatable bonds is 4. The maximum Gasteiger partial charge on any atom is 0.373 e. The van der Waals surface area contributed by atoms with Gasteiger partial charge in [0.05, 0.1) is 7.11 Å². The summed E-state index contributed by atoms with van der Waals surface area (Å²) in [6.45, 7) is 3.04. The Morgan fingerprint density at radius 1 is 0.966 bits per heavy atom. The molecule has 0 saturated heterocycles. The Labute approximate surface area is 381 Å². The summed E-state index contributed by atoms with van der Waals surface area (Å²) in [6.07, 6.45) is 4.79. The Morgan fingerprint density at radius 3 is 1.50 bits per heavy atom. The van der Waals surface area contributed by atoms with E-state index in [4.69, 9.17) is 72.2 Å². The van der Waals surface area contributed by atoms with Gasteiger partial charge in [0.2, 0.25) is 20.8 Å². The van der Waals surface area contributed by atoms with Crippen molar-refractivity contribution in [2.45, 2.75) is 28.6 Å². The van der Waals surface area contributed by atoms with Crippen molar-refractivity contribution in [2.24, 2.45) is 5.73 Å². The molecule has 0 aliphatic rings. The minimum absolute atomic E-state index is 0.171. The highest BCUT2D eigenvalue weighted by Crippen LogP contribution is 2.61. The first kappa shape index (κ1) is 65.8. The van der Waals surface area contributed by atoms with E-state index in [2.05, 4.69) is 80.2 Å². The molecule has 0 aliphatic heterocycles. The van der Waals surface area contributed by atoms with E-state index in [9.17, 15) is 40.1 Å². The molecule has 0 spiro atoms. The molecule has 5 N–H and O–H groups in total. The number of aromatic amines is 1. The molecule has 0 aromatic carbocycles. The fourth-order valence-electron chi connectivity index (χ4n) is 1.70. The van der Waals surface area contributed by atoms with E-state index in [1.165, 1.54) is 23.5 Å². The number of H-pyrrole nitrogens is 1. The van der Waals surface area contributed by atoms with Crippen molar-refractivity contribution in [3.05, 3.63) is 48.4 Å². The first-order valence-corrected chi connectivity index (χ1v) is 26.8. The van der Waals surface area contributed by atoms with Gasteiger partial charge in [-0.15, -0.1) is 0 Å². The molecule has 1 unspecified atom stereocenters. The number of nitrogens with one attached hydrogen (secondary N) is 2. The van der Waals surface area contributed by atoms with Gasteiger partial charge in [0.1, 0.15) is 0 Å². The lowest BCUT2D eigenvalue weighted by atomic mass is 10.5. The molecule has 0 saturated carbocycles. The minimum Gasteiger partial charge on any atom is -0.491 e. The lowest BCUT2D eigenvalue weighted by Crippen LogP contribution is -2.12. The lowest BCUT2D eigenvalue weighted by Gasteiger charge is -1.99. The molecule has 3 aromatic heterocycles. The number of aromatic nitrogens is 6. The number of nitrogens with two attached hydrogens (primary N) is 1. The second kappa shape index (κ2) is 36.3. The highest BCUT2D eigenvalue weighted by Gasteiger charge is 2.17. The van der Waals surface area contributed by atoms with E-state index >= 15 is 0 Å². The zero-order valence-corrected chi connectivity index (χ0v) is 40.9. The number of hydrogen-bond acceptors (Lipinski definition) is 19. The summed E-state index contributed by atoms with van der Waals surface area (Å²) >= 11 is 43.1. The van der Waals surface area contributed by atoms with Gasteiger partial charge < -0.3 is 15.6 Å². The molecule has 0 fully saturated rings. The van der Waals surface area contributed by atoms with Crippen LogP contribution in [0, 0.1) is 22.9 Å². The number of ether oxygens (including phenoxy) is 1. The number of thioether (sulfide) groups is 3. The fraction of sp³-hybridized carbons (Fsp3) is 0.348. The standard InChI is InChI=1S/C5H3Cl2FN2O2S.C5H3Cl2FN2S.C5H5FN2O2S.C4H7FO2.C2H6N2S.CO2.CH3PS.Cl3OP/c1-13(11,12)5-9-3(6)2(8)4(7)10-5;1-11-5-9-3(6)2(8)4(7)10-5;1-11-5-7-3(9)2(6)4(10)8-5;1-3(5)4(6)7-2;1-5-2(3)4;2-1-3;1-2-3;1-5(2,3)4/h1H3;1H3;1H3,(H2,7,8,9,10);3H,1-2H3;1H3,(H3,3,4);;1H3;. The van der Waals surface area contributed by atoms with Crippen molar-refractivity contribution in [3.8, 4) is 5.88 Å². The zero-order valence-electron chi connectivity index (χ0n) is 29.7. The van der Waals surface area contributed by atoms with E-state index in [0.717, 1.165) is 39.4 Å². The summed E-state index contributed by atoms with van der Waals surface area (Å²) in [7, 11) is -1.47. The highest BCUT2D eigenvalue weighted by atomic mass is 36.0. The highest BCUT2D eigenvalue weighted by molar-refractivity contribution is 8.24. The number of methoxy groups -OCH3 is 1. The molecular weight excluding hydrogens is 1080 g/mol. The lowest BCUT2D eigenvalue weighted by molar-refractivity contribution is -0.191. The normalized spacial score (nSPS) is 10.2. The van der Waals surface area contributed by atoms with Crippen LogP contribution in [0.2, 0.25) is 20.6 Å². The molecule has 35 heteroatoms. The Kier molecular flexibility index (Phi) is 41.2. The molecule has 0 bridgehead atoms. The van der Waals surface area contributed by atoms with Crippen LogP contribution in [0.1, 0.15) is 6.92 Å². The maximum atomic E-state index is 12.7. The second-order valence-electron chi connectivity index (χ2n) is 7.86. The van der Waals surface area contributed by atoms with E-state index < -0.39 is 71.5 Å². The van der Waals surface area contributed by atoms with E-state index in [0.29, 0.717) is 5.16 Å². The van der Waals surface area contributed by atoms with Crippen LogP contribution >= 0.6 is 128 Å². The average molecular weight is 1110 g/mol. The zero-order chi connectivity index (χ0) is 47.1. The van der Waals surface area contributed by atoms with Crippen LogP contribution in [-0.4, -0.2) is 106 Å². The third-order valence-electron chi connectivity index (χ3n) is 3.78. The summed E-state index contributed by atoms with van der Waals surface area (Å²) < 4.78 is 84.6. The number of sulfone groups is 1. The van der Waals surface area contributed by atoms with E-state index in [-0.39, 0.29) is 26.8 Å². The summed E-state index contributed by atoms with van der Waals surface area (Å²) in [5.41, 5.74) is 3.88. The van der Waals surface area contributed by atoms with E-state index in [1.54, 1.807) is 18.8 Å². The van der Waals surface area contributed by atoms with Crippen LogP contribution in [0.3, 0.4) is 0 Å². The molecule has 17 nitrogen and oxygen atoms in total. The summed E-state index contributed by atoms with van der Waals surface area (Å²) in [5.74, 6) is -4.73. The number of carbonyl (C=O) groups excluding carboxylic acids is 3. The number of alkyl halides is 1. The number of hydrogen-bond donors (Lipinski definition) is 4. The molecular formula is C23H27Cl7F4N8O9P2S5. The van der Waals surface area contributed by atoms with Crippen LogP contribution in [-0.2, 0) is 45.3 Å². The summed E-state index contributed by atoms with van der Waals surface area (Å²) in [5, 5.41) is 10.4. The topological polar surface area (TPSA) is 279 Å². The minimum atomic E-state index is -3.62. The quantitative estimate of drug-likeness (QED) is 0.0279. The van der Waals surface area contributed by atoms with Crippen molar-refractivity contribution in [2.75, 3.05) is 38.8 Å². The number of carbonyl (C=O) groups is 1. The predicted octanol–water partition coefficient (Wildman–Crippen LogP) is 8.32. The third kappa shape index (κ3) is 37.6. The van der Waals surface area contributed by atoms with Gasteiger partial charge in [-0.2, -0.15) is 19.0 Å². The maximum absolute atomic E-state index is 12.7. The summed E-state index contributed by atoms with van der Waals surface area (Å²) in [6, 6.07) is 0. The van der Waals surface area contributed by atoms with Gasteiger partial charge in [-0.1, -0.05) is 93.5 Å². The van der Waals surface area contributed by atoms with Crippen LogP contribution in [0.15, 0.2) is 20.3 Å². The van der Waals surface area contributed by atoms with Gasteiger partial charge in [0.25, 0.3) is 11.4 Å². The average Bonchev–Trinajstić information content (AvgIpc) is 3.11. The molecule has 1 atom stereocenters. The first-order chi connectivity index (χ1) is 26.4. The largest absolute Gasteiger partial charge is 0.491 e. The predicted molar refractivity (Wildman–Crippen MR) is 226 cm³/mol. The number of esters is 1. The SMILES string of the molecule is COC(=O)C(C)F.CP=S.CS(=O)(=O)c1nc(Cl)c(F)c(Cl)n1.CSC(=N)N.CSc1nc(Cl)c(F)c(Cl)n1.CSc1nc(O)c(F)c(=O)[nH]1.O=C=O.O=P(Cl)(Cl)Cl. The van der Waals surface area contributed by atoms with Crippen molar-refractivity contribution in [3.63, 3.8) is 0 Å².